The molecule has 1 aliphatic carbocycles. The number of nitrogens with one attached hydrogen (secondary N) is 1. The first-order valence-electron chi connectivity index (χ1n) is 5.29. The summed E-state index contributed by atoms with van der Waals surface area (Å²) >= 11 is 0. The van der Waals surface area contributed by atoms with E-state index < -0.39 is 0 Å². The van der Waals surface area contributed by atoms with Gasteiger partial charge in [-0.2, -0.15) is 5.10 Å². The summed E-state index contributed by atoms with van der Waals surface area (Å²) in [5.41, 5.74) is 6.20. The van der Waals surface area contributed by atoms with Crippen LogP contribution in [0.5, 0.6) is 0 Å². The highest BCUT2D eigenvalue weighted by molar-refractivity contribution is 6.07. The predicted octanol–water partition coefficient (Wildman–Crippen LogP) is 1.47. The van der Waals surface area contributed by atoms with Crippen molar-refractivity contribution in [2.75, 3.05) is 0 Å². The molecule has 15 heavy (non-hydrogen) atoms. The average Bonchev–Trinajstić information content (AvgIpc) is 2.28. The molecule has 1 heterocycles. The minimum atomic E-state index is 0.0446. The van der Waals surface area contributed by atoms with Gasteiger partial charge in [-0.05, 0) is 18.4 Å². The Labute approximate surface area is 88.2 Å². The summed E-state index contributed by atoms with van der Waals surface area (Å²) in [7, 11) is 0. The van der Waals surface area contributed by atoms with Crippen molar-refractivity contribution in [3.63, 3.8) is 0 Å². The van der Waals surface area contributed by atoms with Crippen molar-refractivity contribution >= 4 is 11.6 Å². The number of amides is 1. The highest BCUT2D eigenvalue weighted by Gasteiger charge is 2.29. The molecule has 1 amide bonds. The van der Waals surface area contributed by atoms with Crippen LogP contribution in [0.1, 0.15) is 24.0 Å². The molecule has 0 bridgehead atoms. The molecule has 76 valence electrons. The Kier molecular flexibility index (Phi) is 1.84. The van der Waals surface area contributed by atoms with Gasteiger partial charge in [-0.3, -0.25) is 4.79 Å². The van der Waals surface area contributed by atoms with E-state index >= 15 is 0 Å². The Morgan fingerprint density at radius 3 is 3.13 bits per heavy atom. The van der Waals surface area contributed by atoms with Crippen LogP contribution in [0.15, 0.2) is 29.4 Å². The highest BCUT2D eigenvalue weighted by atomic mass is 16.2. The van der Waals surface area contributed by atoms with Crippen molar-refractivity contribution in [2.24, 2.45) is 11.0 Å². The molecule has 3 nitrogen and oxygen atoms in total. The zero-order chi connectivity index (χ0) is 10.3. The third-order valence-corrected chi connectivity index (χ3v) is 3.18. The summed E-state index contributed by atoms with van der Waals surface area (Å²) in [5.74, 6) is 0.372. The molecule has 1 aromatic rings. The van der Waals surface area contributed by atoms with Crippen molar-refractivity contribution in [3.8, 4) is 0 Å². The van der Waals surface area contributed by atoms with Crippen LogP contribution in [0.2, 0.25) is 0 Å². The van der Waals surface area contributed by atoms with Crippen molar-refractivity contribution in [1.29, 1.82) is 0 Å². The highest BCUT2D eigenvalue weighted by Crippen LogP contribution is 2.29. The molecule has 3 heteroatoms. The number of hydrogen-bond acceptors (Lipinski definition) is 2. The SMILES string of the molecule is O=C1C[C@H]2CCc3ccccc3C2=NN1. The van der Waals surface area contributed by atoms with Crippen molar-refractivity contribution in [3.05, 3.63) is 35.4 Å². The molecule has 0 saturated carbocycles. The fourth-order valence-corrected chi connectivity index (χ4v) is 2.42. The number of carbonyl (C=O) groups is 1. The first kappa shape index (κ1) is 8.65. The molecule has 0 spiro atoms. The van der Waals surface area contributed by atoms with E-state index in [0.717, 1.165) is 18.6 Å². The summed E-state index contributed by atoms with van der Waals surface area (Å²) in [6, 6.07) is 8.32. The largest absolute Gasteiger partial charge is 0.273 e. The maximum Gasteiger partial charge on any atom is 0.240 e. The fraction of sp³-hybridized carbons (Fsp3) is 0.333. The Morgan fingerprint density at radius 2 is 2.20 bits per heavy atom. The van der Waals surface area contributed by atoms with Gasteiger partial charge in [0.15, 0.2) is 0 Å². The molecule has 0 saturated heterocycles. The molecule has 0 fully saturated rings. The number of hydrogen-bond donors (Lipinski definition) is 1. The number of fused-ring (bicyclic) bond motifs is 3. The lowest BCUT2D eigenvalue weighted by molar-refractivity contribution is -0.122. The van der Waals surface area contributed by atoms with E-state index in [9.17, 15) is 4.79 Å². The van der Waals surface area contributed by atoms with Gasteiger partial charge in [0.1, 0.15) is 0 Å². The normalized spacial score (nSPS) is 23.6. The van der Waals surface area contributed by atoms with Gasteiger partial charge >= 0.3 is 0 Å². The quantitative estimate of drug-likeness (QED) is 0.677. The summed E-state index contributed by atoms with van der Waals surface area (Å²) in [5, 5.41) is 4.19. The number of benzene rings is 1. The second-order valence-electron chi connectivity index (χ2n) is 4.13. The van der Waals surface area contributed by atoms with Gasteiger partial charge in [0.05, 0.1) is 5.71 Å². The summed E-state index contributed by atoms with van der Waals surface area (Å²) < 4.78 is 0. The molecule has 2 aliphatic rings. The van der Waals surface area contributed by atoms with Gasteiger partial charge in [0.2, 0.25) is 5.91 Å². The van der Waals surface area contributed by atoms with Crippen LogP contribution in [-0.4, -0.2) is 11.6 Å². The van der Waals surface area contributed by atoms with Crippen LogP contribution in [0, 0.1) is 5.92 Å². The zero-order valence-electron chi connectivity index (χ0n) is 8.36. The maximum absolute atomic E-state index is 11.2. The standard InChI is InChI=1S/C12H12N2O/c15-11-7-9-6-5-8-3-1-2-4-10(8)12(9)14-13-11/h1-4,9H,5-7H2,(H,13,15)/t9-/m1/s1. The van der Waals surface area contributed by atoms with Crippen LogP contribution >= 0.6 is 0 Å². The van der Waals surface area contributed by atoms with E-state index in [4.69, 9.17) is 0 Å². The van der Waals surface area contributed by atoms with E-state index in [0.29, 0.717) is 12.3 Å². The smallest absolute Gasteiger partial charge is 0.240 e. The van der Waals surface area contributed by atoms with Gasteiger partial charge in [-0.15, -0.1) is 0 Å². The van der Waals surface area contributed by atoms with Crippen LogP contribution in [0.4, 0.5) is 0 Å². The molecule has 0 aromatic heterocycles. The van der Waals surface area contributed by atoms with E-state index in [1.54, 1.807) is 0 Å². The Hall–Kier alpha value is -1.64. The number of carbonyl (C=O) groups excluding carboxylic acids is 1. The molecular formula is C12H12N2O. The molecule has 0 radical (unpaired) electrons. The molecule has 1 atom stereocenters. The van der Waals surface area contributed by atoms with Gasteiger partial charge in [-0.25, -0.2) is 5.43 Å². The molecule has 0 unspecified atom stereocenters. The molecule has 3 rings (SSSR count). The van der Waals surface area contributed by atoms with Crippen LogP contribution in [0.3, 0.4) is 0 Å². The second-order valence-corrected chi connectivity index (χ2v) is 4.13. The van der Waals surface area contributed by atoms with E-state index in [1.165, 1.54) is 11.1 Å². The number of hydrazone groups is 1. The summed E-state index contributed by atoms with van der Waals surface area (Å²) in [6.45, 7) is 0. The van der Waals surface area contributed by atoms with Crippen molar-refractivity contribution in [2.45, 2.75) is 19.3 Å². The molecular weight excluding hydrogens is 188 g/mol. The summed E-state index contributed by atoms with van der Waals surface area (Å²) in [6.07, 6.45) is 2.70. The summed E-state index contributed by atoms with van der Waals surface area (Å²) in [4.78, 5) is 11.2. The molecule has 1 N–H and O–H groups in total. The third kappa shape index (κ3) is 1.35. The number of aryl methyl sites for hydroxylation is 1. The minimum Gasteiger partial charge on any atom is -0.273 e. The van der Waals surface area contributed by atoms with E-state index in [1.807, 2.05) is 6.07 Å². The predicted molar refractivity (Wildman–Crippen MR) is 57.5 cm³/mol. The van der Waals surface area contributed by atoms with Crippen molar-refractivity contribution in [1.82, 2.24) is 5.43 Å². The average molecular weight is 200 g/mol. The monoisotopic (exact) mass is 200 g/mol. The van der Waals surface area contributed by atoms with Gasteiger partial charge in [0, 0.05) is 17.9 Å². The number of nitrogens with zero attached hydrogens (tertiary/aromatic N) is 1. The first-order chi connectivity index (χ1) is 7.34. The Morgan fingerprint density at radius 1 is 1.33 bits per heavy atom. The van der Waals surface area contributed by atoms with Gasteiger partial charge in [-0.1, -0.05) is 24.3 Å². The van der Waals surface area contributed by atoms with Crippen LogP contribution < -0.4 is 5.43 Å². The topological polar surface area (TPSA) is 41.5 Å². The first-order valence-corrected chi connectivity index (χ1v) is 5.29. The Balaban J connectivity index is 2.09. The Bertz CT molecular complexity index is 451. The fourth-order valence-electron chi connectivity index (χ4n) is 2.42. The second kappa shape index (κ2) is 3.19. The molecule has 1 aliphatic heterocycles. The van der Waals surface area contributed by atoms with Gasteiger partial charge in [0.25, 0.3) is 0 Å². The van der Waals surface area contributed by atoms with E-state index in [2.05, 4.69) is 28.7 Å². The maximum atomic E-state index is 11.2. The van der Waals surface area contributed by atoms with Gasteiger partial charge < -0.3 is 0 Å². The molecule has 1 aromatic carbocycles. The lowest BCUT2D eigenvalue weighted by atomic mass is 9.80. The third-order valence-electron chi connectivity index (χ3n) is 3.18. The minimum absolute atomic E-state index is 0.0446. The van der Waals surface area contributed by atoms with Crippen LogP contribution in [0.25, 0.3) is 0 Å². The van der Waals surface area contributed by atoms with Crippen molar-refractivity contribution < 1.29 is 4.79 Å². The lowest BCUT2D eigenvalue weighted by Gasteiger charge is -2.28. The van der Waals surface area contributed by atoms with E-state index in [-0.39, 0.29) is 5.91 Å². The van der Waals surface area contributed by atoms with Crippen LogP contribution in [-0.2, 0) is 11.2 Å². The lowest BCUT2D eigenvalue weighted by Crippen LogP contribution is -2.36. The zero-order valence-corrected chi connectivity index (χ0v) is 8.36. The number of rotatable bonds is 0.